The highest BCUT2D eigenvalue weighted by molar-refractivity contribution is 8.18. The second-order valence-corrected chi connectivity index (χ2v) is 9.54. The highest BCUT2D eigenvalue weighted by atomic mass is 35.5. The molecule has 178 valence electrons. The first-order valence-corrected chi connectivity index (χ1v) is 12.1. The van der Waals surface area contributed by atoms with Gasteiger partial charge in [-0.15, -0.1) is 0 Å². The van der Waals surface area contributed by atoms with E-state index in [4.69, 9.17) is 27.9 Å². The van der Waals surface area contributed by atoms with E-state index in [1.807, 2.05) is 31.2 Å². The van der Waals surface area contributed by atoms with Gasteiger partial charge in [-0.25, -0.2) is 0 Å². The minimum Gasteiger partial charge on any atom is -0.484 e. The lowest BCUT2D eigenvalue weighted by molar-refractivity contribution is -0.123. The normalized spacial score (nSPS) is 14.5. The Hall–Kier alpha value is -3.26. The van der Waals surface area contributed by atoms with Crippen LogP contribution in [-0.4, -0.2) is 28.6 Å². The second kappa shape index (κ2) is 11.0. The molecule has 1 saturated heterocycles. The molecular weight excluding hydrogens is 507 g/mol. The molecule has 1 heterocycles. The molecule has 3 aromatic rings. The maximum Gasteiger partial charge on any atom is 0.293 e. The Balaban J connectivity index is 1.35. The van der Waals surface area contributed by atoms with Crippen LogP contribution in [0.2, 0.25) is 10.0 Å². The lowest BCUT2D eigenvalue weighted by atomic mass is 10.2. The fourth-order valence-electron chi connectivity index (χ4n) is 3.32. The van der Waals surface area contributed by atoms with Crippen LogP contribution in [0.5, 0.6) is 5.75 Å². The minimum atomic E-state index is -0.376. The number of para-hydroxylation sites is 1. The van der Waals surface area contributed by atoms with Crippen LogP contribution in [0.15, 0.2) is 71.6 Å². The molecule has 0 aliphatic carbocycles. The van der Waals surface area contributed by atoms with Gasteiger partial charge in [0.25, 0.3) is 17.1 Å². The number of amides is 3. The first-order chi connectivity index (χ1) is 16.8. The molecule has 9 heteroatoms. The molecule has 0 radical (unpaired) electrons. The van der Waals surface area contributed by atoms with E-state index < -0.39 is 0 Å². The average molecular weight is 527 g/mol. The third-order valence-corrected chi connectivity index (χ3v) is 6.81. The van der Waals surface area contributed by atoms with Crippen molar-refractivity contribution in [2.75, 3.05) is 11.9 Å². The summed E-state index contributed by atoms with van der Waals surface area (Å²) in [7, 11) is 0. The number of halogens is 2. The number of carbonyl (C=O) groups is 3. The van der Waals surface area contributed by atoms with Gasteiger partial charge < -0.3 is 10.1 Å². The number of imide groups is 1. The number of aryl methyl sites for hydroxylation is 1. The Bertz CT molecular complexity index is 1330. The molecule has 3 amide bonds. The summed E-state index contributed by atoms with van der Waals surface area (Å²) >= 11 is 12.8. The molecule has 1 fully saturated rings. The number of carbonyl (C=O) groups excluding carboxylic acids is 3. The maximum absolute atomic E-state index is 12.8. The van der Waals surface area contributed by atoms with Crippen LogP contribution in [0, 0.1) is 6.92 Å². The third-order valence-electron chi connectivity index (χ3n) is 5.17. The number of anilines is 1. The molecule has 35 heavy (non-hydrogen) atoms. The van der Waals surface area contributed by atoms with E-state index >= 15 is 0 Å². The smallest absolute Gasteiger partial charge is 0.293 e. The van der Waals surface area contributed by atoms with Crippen molar-refractivity contribution in [2.24, 2.45) is 0 Å². The average Bonchev–Trinajstić information content (AvgIpc) is 3.09. The van der Waals surface area contributed by atoms with E-state index in [0.29, 0.717) is 26.3 Å². The fourth-order valence-corrected chi connectivity index (χ4v) is 4.48. The van der Waals surface area contributed by atoms with Gasteiger partial charge in [0.15, 0.2) is 6.61 Å². The molecule has 0 spiro atoms. The molecule has 0 saturated carbocycles. The largest absolute Gasteiger partial charge is 0.484 e. The van der Waals surface area contributed by atoms with Crippen molar-refractivity contribution in [1.82, 2.24) is 4.90 Å². The summed E-state index contributed by atoms with van der Waals surface area (Å²) in [5.41, 5.74) is 3.13. The van der Waals surface area contributed by atoms with E-state index in [0.717, 1.165) is 28.6 Å². The van der Waals surface area contributed by atoms with Crippen molar-refractivity contribution >= 4 is 63.8 Å². The van der Waals surface area contributed by atoms with Crippen molar-refractivity contribution in [2.45, 2.75) is 13.5 Å². The number of ether oxygens (including phenoxy) is 1. The van der Waals surface area contributed by atoms with E-state index in [1.54, 1.807) is 48.5 Å². The Morgan fingerprint density at radius 2 is 1.77 bits per heavy atom. The molecule has 0 bridgehead atoms. The lowest BCUT2D eigenvalue weighted by Gasteiger charge is -2.13. The van der Waals surface area contributed by atoms with Crippen molar-refractivity contribution in [3.63, 3.8) is 0 Å². The molecule has 3 aromatic carbocycles. The summed E-state index contributed by atoms with van der Waals surface area (Å²) in [5, 5.41) is 3.23. The standard InChI is InChI=1S/C26H20Cl2N2O4S/c1-16-4-2-3-5-22(16)29-24(31)15-34-19-9-6-17(7-10-19)13-23-25(32)30(26(33)35-23)14-18-8-11-20(27)21(28)12-18/h2-13H,14-15H2,1H3,(H,29,31)/b23-13-. The number of rotatable bonds is 7. The first kappa shape index (κ1) is 24.9. The van der Waals surface area contributed by atoms with Crippen molar-refractivity contribution < 1.29 is 19.1 Å². The fraction of sp³-hybridized carbons (Fsp3) is 0.115. The third kappa shape index (κ3) is 6.25. The van der Waals surface area contributed by atoms with Gasteiger partial charge in [-0.2, -0.15) is 0 Å². The summed E-state index contributed by atoms with van der Waals surface area (Å²) in [5.74, 6) is -0.131. The van der Waals surface area contributed by atoms with E-state index in [1.165, 1.54) is 4.90 Å². The highest BCUT2D eigenvalue weighted by Crippen LogP contribution is 2.34. The number of thioether (sulfide) groups is 1. The van der Waals surface area contributed by atoms with Gasteiger partial charge in [-0.3, -0.25) is 19.3 Å². The number of nitrogens with zero attached hydrogens (tertiary/aromatic N) is 1. The molecule has 0 unspecified atom stereocenters. The van der Waals surface area contributed by atoms with Crippen molar-refractivity contribution in [3.05, 3.63) is 98.4 Å². The van der Waals surface area contributed by atoms with Crippen LogP contribution in [0.1, 0.15) is 16.7 Å². The van der Waals surface area contributed by atoms with Crippen LogP contribution < -0.4 is 10.1 Å². The summed E-state index contributed by atoms with van der Waals surface area (Å²) in [6.45, 7) is 1.88. The highest BCUT2D eigenvalue weighted by Gasteiger charge is 2.35. The molecule has 0 atom stereocenters. The van der Waals surface area contributed by atoms with Crippen LogP contribution >= 0.6 is 35.0 Å². The van der Waals surface area contributed by atoms with Crippen molar-refractivity contribution in [1.29, 1.82) is 0 Å². The molecule has 1 aliphatic heterocycles. The Morgan fingerprint density at radius 1 is 1.03 bits per heavy atom. The van der Waals surface area contributed by atoms with Crippen LogP contribution in [-0.2, 0) is 16.1 Å². The van der Waals surface area contributed by atoms with E-state index in [-0.39, 0.29) is 30.2 Å². The number of nitrogens with one attached hydrogen (secondary N) is 1. The quantitative estimate of drug-likeness (QED) is 0.353. The Labute approximate surface area is 216 Å². The van der Waals surface area contributed by atoms with Gasteiger partial charge in [-0.05, 0) is 71.8 Å². The number of hydrogen-bond donors (Lipinski definition) is 1. The zero-order chi connectivity index (χ0) is 24.9. The van der Waals surface area contributed by atoms with Crippen molar-refractivity contribution in [3.8, 4) is 5.75 Å². The van der Waals surface area contributed by atoms with Gasteiger partial charge in [0.2, 0.25) is 0 Å². The monoisotopic (exact) mass is 526 g/mol. The molecule has 1 N–H and O–H groups in total. The molecule has 4 rings (SSSR count). The lowest BCUT2D eigenvalue weighted by Crippen LogP contribution is -2.27. The summed E-state index contributed by atoms with van der Waals surface area (Å²) in [4.78, 5) is 38.8. The van der Waals surface area contributed by atoms with Gasteiger partial charge in [0, 0.05) is 5.69 Å². The number of benzene rings is 3. The summed E-state index contributed by atoms with van der Waals surface area (Å²) in [6, 6.07) is 19.4. The minimum absolute atomic E-state index is 0.107. The number of hydrogen-bond acceptors (Lipinski definition) is 5. The second-order valence-electron chi connectivity index (χ2n) is 7.74. The molecule has 1 aliphatic rings. The molecule has 6 nitrogen and oxygen atoms in total. The van der Waals surface area contributed by atoms with Gasteiger partial charge >= 0.3 is 0 Å². The predicted molar refractivity (Wildman–Crippen MR) is 140 cm³/mol. The van der Waals surface area contributed by atoms with Gasteiger partial charge in [-0.1, -0.05) is 59.6 Å². The van der Waals surface area contributed by atoms with Gasteiger partial charge in [0.1, 0.15) is 5.75 Å². The topological polar surface area (TPSA) is 75.7 Å². The zero-order valence-corrected chi connectivity index (χ0v) is 20.9. The van der Waals surface area contributed by atoms with Crippen LogP contribution in [0.4, 0.5) is 10.5 Å². The molecular formula is C26H20Cl2N2O4S. The first-order valence-electron chi connectivity index (χ1n) is 10.6. The predicted octanol–water partition coefficient (Wildman–Crippen LogP) is 6.56. The Morgan fingerprint density at radius 3 is 2.49 bits per heavy atom. The summed E-state index contributed by atoms with van der Waals surface area (Å²) < 4.78 is 5.56. The van der Waals surface area contributed by atoms with E-state index in [2.05, 4.69) is 5.32 Å². The summed E-state index contributed by atoms with van der Waals surface area (Å²) in [6.07, 6.45) is 1.65. The molecule has 0 aromatic heterocycles. The SMILES string of the molecule is Cc1ccccc1NC(=O)COc1ccc(/C=C2\SC(=O)N(Cc3ccc(Cl)c(Cl)c3)C2=O)cc1. The zero-order valence-electron chi connectivity index (χ0n) is 18.6. The Kier molecular flexibility index (Phi) is 7.80. The maximum atomic E-state index is 12.8. The van der Waals surface area contributed by atoms with Crippen LogP contribution in [0.25, 0.3) is 6.08 Å². The van der Waals surface area contributed by atoms with Crippen LogP contribution in [0.3, 0.4) is 0 Å². The van der Waals surface area contributed by atoms with E-state index in [9.17, 15) is 14.4 Å². The van der Waals surface area contributed by atoms with Gasteiger partial charge in [0.05, 0.1) is 21.5 Å².